The van der Waals surface area contributed by atoms with Crippen LogP contribution in [0.2, 0.25) is 0 Å². The zero-order valence-corrected chi connectivity index (χ0v) is 6.23. The smallest absolute Gasteiger partial charge is 0.0282 e. The van der Waals surface area contributed by atoms with Gasteiger partial charge in [0.15, 0.2) is 0 Å². The number of hydrazine groups is 1. The van der Waals surface area contributed by atoms with Crippen molar-refractivity contribution in [2.75, 3.05) is 7.05 Å². The van der Waals surface area contributed by atoms with Crippen LogP contribution < -0.4 is 16.2 Å². The van der Waals surface area contributed by atoms with Crippen LogP contribution in [0, 0.1) is 0 Å². The Morgan fingerprint density at radius 3 is 2.33 bits per heavy atom. The molecule has 0 aromatic carbocycles. The van der Waals surface area contributed by atoms with Gasteiger partial charge >= 0.3 is 0 Å². The van der Waals surface area contributed by atoms with Crippen molar-refractivity contribution in [3.8, 4) is 0 Å². The van der Waals surface area contributed by atoms with Crippen LogP contribution in [0.15, 0.2) is 12.4 Å². The van der Waals surface area contributed by atoms with E-state index in [0.717, 1.165) is 0 Å². The van der Waals surface area contributed by atoms with Crippen molar-refractivity contribution in [2.24, 2.45) is 0 Å². The topological polar surface area (TPSA) is 36.1 Å². The van der Waals surface area contributed by atoms with Crippen LogP contribution in [0.1, 0.15) is 13.8 Å². The molecule has 9 heavy (non-hydrogen) atoms. The molecular formula is C6H15N3. The molecule has 0 unspecified atom stereocenters. The predicted octanol–water partition coefficient (Wildman–Crippen LogP) is 0.180. The molecule has 0 bridgehead atoms. The number of nitrogens with one attached hydrogen (secondary N) is 3. The molecule has 3 N–H and O–H groups in total. The van der Waals surface area contributed by atoms with Crippen LogP contribution in [-0.2, 0) is 0 Å². The van der Waals surface area contributed by atoms with Gasteiger partial charge in [-0.05, 0) is 13.8 Å². The molecule has 0 spiro atoms. The molecule has 0 aliphatic rings. The summed E-state index contributed by atoms with van der Waals surface area (Å²) in [6, 6.07) is 0.464. The van der Waals surface area contributed by atoms with Crippen LogP contribution in [0.3, 0.4) is 0 Å². The van der Waals surface area contributed by atoms with Gasteiger partial charge in [0, 0.05) is 25.5 Å². The van der Waals surface area contributed by atoms with Crippen molar-refractivity contribution in [3.05, 3.63) is 12.4 Å². The highest BCUT2D eigenvalue weighted by Gasteiger charge is 1.83. The minimum absolute atomic E-state index is 0.464. The highest BCUT2D eigenvalue weighted by molar-refractivity contribution is 4.73. The number of hydrogen-bond donors (Lipinski definition) is 3. The van der Waals surface area contributed by atoms with E-state index in [4.69, 9.17) is 0 Å². The fourth-order valence-electron chi connectivity index (χ4n) is 0.340. The van der Waals surface area contributed by atoms with E-state index in [9.17, 15) is 0 Å². The van der Waals surface area contributed by atoms with E-state index in [2.05, 4.69) is 30.0 Å². The Labute approximate surface area is 56.5 Å². The quantitative estimate of drug-likeness (QED) is 0.474. The largest absolute Gasteiger partial charge is 0.393 e. The molecule has 0 heterocycles. The first-order valence-electron chi connectivity index (χ1n) is 3.10. The van der Waals surface area contributed by atoms with Crippen molar-refractivity contribution in [3.63, 3.8) is 0 Å². The average molecular weight is 129 g/mol. The molecule has 0 fully saturated rings. The Hall–Kier alpha value is -0.700. The average Bonchev–Trinajstić information content (AvgIpc) is 1.80. The summed E-state index contributed by atoms with van der Waals surface area (Å²) < 4.78 is 0. The zero-order chi connectivity index (χ0) is 7.11. The minimum atomic E-state index is 0.464. The van der Waals surface area contributed by atoms with Gasteiger partial charge in [0.2, 0.25) is 0 Å². The van der Waals surface area contributed by atoms with Crippen LogP contribution >= 0.6 is 0 Å². The first-order chi connectivity index (χ1) is 4.27. The highest BCUT2D eigenvalue weighted by atomic mass is 15.4. The van der Waals surface area contributed by atoms with Crippen molar-refractivity contribution >= 4 is 0 Å². The Bertz CT molecular complexity index is 78.4. The van der Waals surface area contributed by atoms with Gasteiger partial charge in [0.1, 0.15) is 0 Å². The SMILES string of the molecule is CNC=CNNC(C)C. The van der Waals surface area contributed by atoms with E-state index in [0.29, 0.717) is 6.04 Å². The Morgan fingerprint density at radius 1 is 1.22 bits per heavy atom. The lowest BCUT2D eigenvalue weighted by Gasteiger charge is -2.05. The third kappa shape index (κ3) is 7.30. The fourth-order valence-corrected chi connectivity index (χ4v) is 0.340. The molecule has 0 saturated carbocycles. The summed E-state index contributed by atoms with van der Waals surface area (Å²) in [5.74, 6) is 0. The van der Waals surface area contributed by atoms with Crippen molar-refractivity contribution in [1.82, 2.24) is 16.2 Å². The maximum Gasteiger partial charge on any atom is 0.0282 e. The lowest BCUT2D eigenvalue weighted by atomic mass is 10.4. The van der Waals surface area contributed by atoms with Crippen molar-refractivity contribution in [2.45, 2.75) is 19.9 Å². The lowest BCUT2D eigenvalue weighted by Crippen LogP contribution is -2.33. The lowest BCUT2D eigenvalue weighted by molar-refractivity contribution is 0.538. The molecule has 0 aromatic heterocycles. The molecular weight excluding hydrogens is 114 g/mol. The second-order valence-corrected chi connectivity index (χ2v) is 2.07. The normalized spacial score (nSPS) is 10.7. The van der Waals surface area contributed by atoms with E-state index in [1.165, 1.54) is 0 Å². The maximum absolute atomic E-state index is 3.00. The van der Waals surface area contributed by atoms with E-state index in [1.54, 1.807) is 6.20 Å². The summed E-state index contributed by atoms with van der Waals surface area (Å²) in [5.41, 5.74) is 5.90. The molecule has 0 aliphatic carbocycles. The van der Waals surface area contributed by atoms with Crippen molar-refractivity contribution < 1.29 is 0 Å². The Morgan fingerprint density at radius 2 is 1.89 bits per heavy atom. The van der Waals surface area contributed by atoms with E-state index in [-0.39, 0.29) is 0 Å². The third-order valence-corrected chi connectivity index (χ3v) is 0.705. The van der Waals surface area contributed by atoms with Crippen LogP contribution in [0.4, 0.5) is 0 Å². The van der Waals surface area contributed by atoms with Crippen molar-refractivity contribution in [1.29, 1.82) is 0 Å². The molecule has 0 amide bonds. The maximum atomic E-state index is 3.00. The van der Waals surface area contributed by atoms with Gasteiger partial charge in [0.25, 0.3) is 0 Å². The molecule has 3 heteroatoms. The minimum Gasteiger partial charge on any atom is -0.393 e. The van der Waals surface area contributed by atoms with E-state index < -0.39 is 0 Å². The summed E-state index contributed by atoms with van der Waals surface area (Å²) in [5, 5.41) is 2.86. The second kappa shape index (κ2) is 5.44. The third-order valence-electron chi connectivity index (χ3n) is 0.705. The van der Waals surface area contributed by atoms with Crippen LogP contribution in [-0.4, -0.2) is 13.1 Å². The molecule has 0 rings (SSSR count). The van der Waals surface area contributed by atoms with Gasteiger partial charge in [-0.15, -0.1) is 0 Å². The Kier molecular flexibility index (Phi) is 5.01. The predicted molar refractivity (Wildman–Crippen MR) is 39.6 cm³/mol. The standard InChI is InChI=1S/C6H15N3/c1-6(2)9-8-5-4-7-3/h4-9H,1-3H3. The summed E-state index contributed by atoms with van der Waals surface area (Å²) in [6.45, 7) is 4.14. The fraction of sp³-hybridized carbons (Fsp3) is 0.667. The number of hydrogen-bond acceptors (Lipinski definition) is 3. The van der Waals surface area contributed by atoms with Gasteiger partial charge in [-0.1, -0.05) is 0 Å². The number of rotatable bonds is 4. The molecule has 54 valence electrons. The highest BCUT2D eigenvalue weighted by Crippen LogP contribution is 1.69. The first-order valence-corrected chi connectivity index (χ1v) is 3.10. The Balaban J connectivity index is 2.99. The van der Waals surface area contributed by atoms with Gasteiger partial charge in [-0.2, -0.15) is 0 Å². The van der Waals surface area contributed by atoms with Crippen LogP contribution in [0.25, 0.3) is 0 Å². The van der Waals surface area contributed by atoms with Crippen LogP contribution in [0.5, 0.6) is 0 Å². The van der Waals surface area contributed by atoms with Gasteiger partial charge < -0.3 is 10.7 Å². The van der Waals surface area contributed by atoms with E-state index in [1.807, 2.05) is 13.2 Å². The molecule has 0 radical (unpaired) electrons. The van der Waals surface area contributed by atoms with E-state index >= 15 is 0 Å². The molecule has 0 aliphatic heterocycles. The monoisotopic (exact) mass is 129 g/mol. The first kappa shape index (κ1) is 8.30. The summed E-state index contributed by atoms with van der Waals surface area (Å²) in [7, 11) is 1.85. The zero-order valence-electron chi connectivity index (χ0n) is 6.23. The summed E-state index contributed by atoms with van der Waals surface area (Å²) in [4.78, 5) is 0. The molecule has 0 aromatic rings. The van der Waals surface area contributed by atoms with Gasteiger partial charge in [-0.3, -0.25) is 0 Å². The van der Waals surface area contributed by atoms with Gasteiger partial charge in [0.05, 0.1) is 0 Å². The molecule has 0 atom stereocenters. The molecule has 0 saturated heterocycles. The summed E-state index contributed by atoms with van der Waals surface area (Å²) >= 11 is 0. The molecule has 3 nitrogen and oxygen atoms in total. The second-order valence-electron chi connectivity index (χ2n) is 2.07. The summed E-state index contributed by atoms with van der Waals surface area (Å²) in [6.07, 6.45) is 3.62. The van der Waals surface area contributed by atoms with Gasteiger partial charge in [-0.25, -0.2) is 5.43 Å².